The number of para-hydroxylation sites is 2. The van der Waals surface area contributed by atoms with Crippen LogP contribution in [0.25, 0.3) is 11.0 Å². The first-order chi connectivity index (χ1) is 9.17. The largest absolute Gasteiger partial charge is 0.395 e. The number of likely N-dealkylation sites (N-methyl/N-ethyl adjacent to an activating group) is 1. The minimum Gasteiger partial charge on any atom is -0.395 e. The monoisotopic (exact) mass is 261 g/mol. The zero-order valence-corrected chi connectivity index (χ0v) is 11.3. The minimum atomic E-state index is -0.0107. The summed E-state index contributed by atoms with van der Waals surface area (Å²) in [5, 5.41) is 8.96. The summed E-state index contributed by atoms with van der Waals surface area (Å²) in [6, 6.07) is 7.78. The highest BCUT2D eigenvalue weighted by Crippen LogP contribution is 2.15. The van der Waals surface area contributed by atoms with Gasteiger partial charge in [-0.1, -0.05) is 12.1 Å². The predicted octanol–water partition coefficient (Wildman–Crippen LogP) is 1.19. The van der Waals surface area contributed by atoms with E-state index in [1.807, 2.05) is 42.7 Å². The maximum Gasteiger partial charge on any atom is 0.242 e. The Morgan fingerprint density at radius 1 is 1.42 bits per heavy atom. The van der Waals surface area contributed by atoms with Crippen LogP contribution in [0.3, 0.4) is 0 Å². The van der Waals surface area contributed by atoms with E-state index >= 15 is 0 Å². The molecule has 102 valence electrons. The fourth-order valence-electron chi connectivity index (χ4n) is 2.21. The molecule has 2 rings (SSSR count). The molecule has 0 bridgehead atoms. The van der Waals surface area contributed by atoms with Crippen LogP contribution in [0.15, 0.2) is 24.3 Å². The molecule has 0 radical (unpaired) electrons. The van der Waals surface area contributed by atoms with Crippen molar-refractivity contribution >= 4 is 16.9 Å². The topological polar surface area (TPSA) is 58.4 Å². The van der Waals surface area contributed by atoms with Gasteiger partial charge in [0.2, 0.25) is 5.91 Å². The summed E-state index contributed by atoms with van der Waals surface area (Å²) < 4.78 is 1.91. The lowest BCUT2D eigenvalue weighted by Crippen LogP contribution is -2.36. The first-order valence-electron chi connectivity index (χ1n) is 6.48. The highest BCUT2D eigenvalue weighted by atomic mass is 16.3. The number of nitrogens with zero attached hydrogens (tertiary/aromatic N) is 3. The number of carbonyl (C=O) groups is 1. The van der Waals surface area contributed by atoms with Gasteiger partial charge in [-0.05, 0) is 26.0 Å². The summed E-state index contributed by atoms with van der Waals surface area (Å²) in [7, 11) is 0. The summed E-state index contributed by atoms with van der Waals surface area (Å²) in [6.45, 7) is 5.04. The van der Waals surface area contributed by atoms with Crippen LogP contribution >= 0.6 is 0 Å². The average molecular weight is 261 g/mol. The second-order valence-electron chi connectivity index (χ2n) is 4.43. The Hall–Kier alpha value is -1.88. The number of rotatable bonds is 5. The van der Waals surface area contributed by atoms with Crippen molar-refractivity contribution in [2.24, 2.45) is 0 Å². The molecule has 5 nitrogen and oxygen atoms in total. The Balaban J connectivity index is 2.25. The molecule has 1 N–H and O–H groups in total. The average Bonchev–Trinajstić information content (AvgIpc) is 2.72. The van der Waals surface area contributed by atoms with Crippen LogP contribution in [0.2, 0.25) is 0 Å². The standard InChI is InChI=1S/C14H19N3O2/c1-3-16(8-9-18)14(19)10-17-11(2)15-12-6-4-5-7-13(12)17/h4-7,18H,3,8-10H2,1-2H3. The molecule has 0 spiro atoms. The fraction of sp³-hybridized carbons (Fsp3) is 0.429. The summed E-state index contributed by atoms with van der Waals surface area (Å²) >= 11 is 0. The Morgan fingerprint density at radius 2 is 2.16 bits per heavy atom. The molecule has 1 aromatic heterocycles. The first kappa shape index (κ1) is 13.5. The zero-order chi connectivity index (χ0) is 13.8. The lowest BCUT2D eigenvalue weighted by molar-refractivity contribution is -0.132. The van der Waals surface area contributed by atoms with Gasteiger partial charge in [0.25, 0.3) is 0 Å². The van der Waals surface area contributed by atoms with Crippen LogP contribution in [-0.2, 0) is 11.3 Å². The third-order valence-corrected chi connectivity index (χ3v) is 3.24. The van der Waals surface area contributed by atoms with Crippen LogP contribution in [0.4, 0.5) is 0 Å². The number of aliphatic hydroxyl groups excluding tert-OH is 1. The van der Waals surface area contributed by atoms with Crippen molar-refractivity contribution in [3.05, 3.63) is 30.1 Å². The Kier molecular flexibility index (Phi) is 4.16. The van der Waals surface area contributed by atoms with E-state index < -0.39 is 0 Å². The van der Waals surface area contributed by atoms with Gasteiger partial charge >= 0.3 is 0 Å². The van der Waals surface area contributed by atoms with Crippen molar-refractivity contribution in [3.8, 4) is 0 Å². The number of carbonyl (C=O) groups excluding carboxylic acids is 1. The molecule has 0 aliphatic heterocycles. The highest BCUT2D eigenvalue weighted by Gasteiger charge is 2.15. The third-order valence-electron chi connectivity index (χ3n) is 3.24. The van der Waals surface area contributed by atoms with Crippen molar-refractivity contribution in [3.63, 3.8) is 0 Å². The summed E-state index contributed by atoms with van der Waals surface area (Å²) in [6.07, 6.45) is 0. The van der Waals surface area contributed by atoms with Gasteiger partial charge in [-0.15, -0.1) is 0 Å². The molecule has 0 atom stereocenters. The van der Waals surface area contributed by atoms with E-state index in [0.29, 0.717) is 13.1 Å². The van der Waals surface area contributed by atoms with Crippen LogP contribution in [0, 0.1) is 6.92 Å². The number of aromatic nitrogens is 2. The minimum absolute atomic E-state index is 0.00260. The summed E-state index contributed by atoms with van der Waals surface area (Å²) in [4.78, 5) is 18.3. The smallest absolute Gasteiger partial charge is 0.242 e. The van der Waals surface area contributed by atoms with Crippen LogP contribution in [0.1, 0.15) is 12.7 Å². The molecular weight excluding hydrogens is 242 g/mol. The summed E-state index contributed by atoms with van der Waals surface area (Å²) in [5.74, 6) is 0.831. The number of fused-ring (bicyclic) bond motifs is 1. The molecule has 2 aromatic rings. The van der Waals surface area contributed by atoms with Gasteiger partial charge in [0.1, 0.15) is 12.4 Å². The maximum absolute atomic E-state index is 12.2. The van der Waals surface area contributed by atoms with Crippen molar-refractivity contribution in [2.45, 2.75) is 20.4 Å². The zero-order valence-electron chi connectivity index (χ0n) is 11.3. The number of hydrogen-bond donors (Lipinski definition) is 1. The lowest BCUT2D eigenvalue weighted by atomic mass is 10.3. The SMILES string of the molecule is CCN(CCO)C(=O)Cn1c(C)nc2ccccc21. The van der Waals surface area contributed by atoms with Gasteiger partial charge in [0, 0.05) is 13.1 Å². The van der Waals surface area contributed by atoms with Gasteiger partial charge in [-0.3, -0.25) is 4.79 Å². The molecule has 0 aliphatic carbocycles. The fourth-order valence-corrected chi connectivity index (χ4v) is 2.21. The van der Waals surface area contributed by atoms with Crippen LogP contribution < -0.4 is 0 Å². The Bertz CT molecular complexity index is 577. The van der Waals surface area contributed by atoms with Gasteiger partial charge in [0.05, 0.1) is 17.6 Å². The Labute approximate surface area is 112 Å². The van der Waals surface area contributed by atoms with Gasteiger partial charge < -0.3 is 14.6 Å². The summed E-state index contributed by atoms with van der Waals surface area (Å²) in [5.41, 5.74) is 1.87. The van der Waals surface area contributed by atoms with Crippen molar-refractivity contribution in [2.75, 3.05) is 19.7 Å². The lowest BCUT2D eigenvalue weighted by Gasteiger charge is -2.20. The molecule has 0 saturated carbocycles. The molecule has 0 fully saturated rings. The van der Waals surface area contributed by atoms with Crippen molar-refractivity contribution in [1.29, 1.82) is 0 Å². The highest BCUT2D eigenvalue weighted by molar-refractivity contribution is 5.81. The van der Waals surface area contributed by atoms with E-state index in [1.54, 1.807) is 4.90 Å². The van der Waals surface area contributed by atoms with Crippen molar-refractivity contribution < 1.29 is 9.90 Å². The molecule has 5 heteroatoms. The molecule has 1 heterocycles. The molecule has 19 heavy (non-hydrogen) atoms. The van der Waals surface area contributed by atoms with Crippen LogP contribution in [0.5, 0.6) is 0 Å². The predicted molar refractivity (Wildman–Crippen MR) is 73.8 cm³/mol. The van der Waals surface area contributed by atoms with Crippen molar-refractivity contribution in [1.82, 2.24) is 14.5 Å². The number of hydrogen-bond acceptors (Lipinski definition) is 3. The van der Waals surface area contributed by atoms with Gasteiger partial charge in [0.15, 0.2) is 0 Å². The molecule has 0 unspecified atom stereocenters. The van der Waals surface area contributed by atoms with E-state index in [1.165, 1.54) is 0 Å². The van der Waals surface area contributed by atoms with E-state index in [0.717, 1.165) is 16.9 Å². The number of amides is 1. The number of aliphatic hydroxyl groups is 1. The molecule has 1 amide bonds. The maximum atomic E-state index is 12.2. The van der Waals surface area contributed by atoms with E-state index in [4.69, 9.17) is 5.11 Å². The van der Waals surface area contributed by atoms with Gasteiger partial charge in [-0.25, -0.2) is 4.98 Å². The number of imidazole rings is 1. The number of aryl methyl sites for hydroxylation is 1. The molecule has 1 aromatic carbocycles. The molecule has 0 aliphatic rings. The second-order valence-corrected chi connectivity index (χ2v) is 4.43. The number of benzene rings is 1. The molecular formula is C14H19N3O2. The van der Waals surface area contributed by atoms with Crippen LogP contribution in [-0.4, -0.2) is 45.2 Å². The van der Waals surface area contributed by atoms with Gasteiger partial charge in [-0.2, -0.15) is 0 Å². The normalized spacial score (nSPS) is 10.9. The first-order valence-corrected chi connectivity index (χ1v) is 6.48. The third kappa shape index (κ3) is 2.76. The van der Waals surface area contributed by atoms with E-state index in [9.17, 15) is 4.79 Å². The van der Waals surface area contributed by atoms with E-state index in [-0.39, 0.29) is 19.1 Å². The van der Waals surface area contributed by atoms with E-state index in [2.05, 4.69) is 4.98 Å². The second kappa shape index (κ2) is 5.84. The Morgan fingerprint density at radius 3 is 2.84 bits per heavy atom. The molecule has 0 saturated heterocycles. The quantitative estimate of drug-likeness (QED) is 0.879.